The van der Waals surface area contributed by atoms with Crippen molar-refractivity contribution >= 4 is 22.4 Å². The van der Waals surface area contributed by atoms with Gasteiger partial charge in [-0.1, -0.05) is 24.3 Å². The van der Waals surface area contributed by atoms with Crippen molar-refractivity contribution in [1.82, 2.24) is 4.98 Å². The molecule has 0 aliphatic carbocycles. The molecule has 0 amide bonds. The van der Waals surface area contributed by atoms with Gasteiger partial charge in [-0.15, -0.1) is 0 Å². The van der Waals surface area contributed by atoms with Gasteiger partial charge < -0.3 is 9.84 Å². The van der Waals surface area contributed by atoms with E-state index in [0.717, 1.165) is 10.9 Å². The predicted molar refractivity (Wildman–Crippen MR) is 69.0 cm³/mol. The third-order valence-electron chi connectivity index (χ3n) is 2.61. The van der Waals surface area contributed by atoms with E-state index in [9.17, 15) is 9.90 Å². The van der Waals surface area contributed by atoms with Crippen LogP contribution in [0, 0.1) is 0 Å². The number of esters is 1. The Bertz CT molecular complexity index is 628. The van der Waals surface area contributed by atoms with E-state index in [1.54, 1.807) is 6.07 Å². The van der Waals surface area contributed by atoms with Crippen molar-refractivity contribution in [2.24, 2.45) is 0 Å². The van der Waals surface area contributed by atoms with E-state index in [1.165, 1.54) is 14.0 Å². The molecule has 0 aliphatic rings. The Labute approximate surface area is 105 Å². The van der Waals surface area contributed by atoms with E-state index in [2.05, 4.69) is 9.72 Å². The van der Waals surface area contributed by atoms with Crippen LogP contribution in [0.15, 0.2) is 42.2 Å². The number of hydrogen-bond donors (Lipinski definition) is 1. The number of benzene rings is 1. The van der Waals surface area contributed by atoms with Crippen molar-refractivity contribution in [2.45, 2.75) is 6.92 Å². The van der Waals surface area contributed by atoms with Crippen LogP contribution in [-0.2, 0) is 9.53 Å². The number of carbonyl (C=O) groups is 1. The van der Waals surface area contributed by atoms with E-state index < -0.39 is 5.97 Å². The van der Waals surface area contributed by atoms with Gasteiger partial charge in [-0.2, -0.15) is 0 Å². The molecule has 0 saturated carbocycles. The Kier molecular flexibility index (Phi) is 3.28. The number of pyridine rings is 1. The van der Waals surface area contributed by atoms with E-state index in [4.69, 9.17) is 0 Å². The van der Waals surface area contributed by atoms with Gasteiger partial charge in [0.25, 0.3) is 0 Å². The first-order valence-electron chi connectivity index (χ1n) is 5.48. The van der Waals surface area contributed by atoms with Crippen molar-refractivity contribution < 1.29 is 14.6 Å². The minimum Gasteiger partial charge on any atom is -0.512 e. The number of para-hydroxylation sites is 1. The standard InChI is InChI=1S/C14H13NO3/c1-9(16)13(14(17)18-2)12-8-7-10-5-3-4-6-11(10)15-12/h3-8,16H,1-2H3/b13-9+. The summed E-state index contributed by atoms with van der Waals surface area (Å²) in [6.45, 7) is 1.43. The summed E-state index contributed by atoms with van der Waals surface area (Å²) in [7, 11) is 1.27. The molecule has 2 aromatic rings. The average Bonchev–Trinajstić information content (AvgIpc) is 2.38. The molecule has 0 radical (unpaired) electrons. The van der Waals surface area contributed by atoms with Gasteiger partial charge in [-0.05, 0) is 19.1 Å². The number of methoxy groups -OCH3 is 1. The van der Waals surface area contributed by atoms with Gasteiger partial charge in [0.15, 0.2) is 0 Å². The molecule has 1 N–H and O–H groups in total. The van der Waals surface area contributed by atoms with Crippen LogP contribution in [0.1, 0.15) is 12.6 Å². The fourth-order valence-corrected chi connectivity index (χ4v) is 1.74. The quantitative estimate of drug-likeness (QED) is 0.500. The minimum atomic E-state index is -0.599. The molecule has 0 fully saturated rings. The molecule has 2 rings (SSSR count). The Morgan fingerprint density at radius 2 is 1.94 bits per heavy atom. The molecule has 0 spiro atoms. The number of ether oxygens (including phenoxy) is 1. The van der Waals surface area contributed by atoms with Crippen LogP contribution in [0.3, 0.4) is 0 Å². The second kappa shape index (κ2) is 4.87. The minimum absolute atomic E-state index is 0.0863. The molecule has 0 unspecified atom stereocenters. The molecular formula is C14H13NO3. The van der Waals surface area contributed by atoms with Gasteiger partial charge in [0, 0.05) is 5.39 Å². The number of rotatable bonds is 2. The number of carbonyl (C=O) groups excluding carboxylic acids is 1. The summed E-state index contributed by atoms with van der Waals surface area (Å²) in [5.74, 6) is -0.706. The highest BCUT2D eigenvalue weighted by Gasteiger charge is 2.17. The predicted octanol–water partition coefficient (Wildman–Crippen LogP) is 2.70. The molecule has 92 valence electrons. The first-order valence-corrected chi connectivity index (χ1v) is 5.48. The summed E-state index contributed by atoms with van der Waals surface area (Å²) in [6, 6.07) is 11.1. The monoisotopic (exact) mass is 243 g/mol. The zero-order valence-corrected chi connectivity index (χ0v) is 10.2. The van der Waals surface area contributed by atoms with Crippen molar-refractivity contribution in [3.05, 3.63) is 47.9 Å². The topological polar surface area (TPSA) is 59.4 Å². The van der Waals surface area contributed by atoms with Crippen molar-refractivity contribution in [3.8, 4) is 0 Å². The average molecular weight is 243 g/mol. The summed E-state index contributed by atoms with van der Waals surface area (Å²) in [6.07, 6.45) is 0. The maximum atomic E-state index is 11.6. The molecule has 0 bridgehead atoms. The number of allylic oxidation sites excluding steroid dienone is 1. The Hall–Kier alpha value is -2.36. The fraction of sp³-hybridized carbons (Fsp3) is 0.143. The summed E-state index contributed by atoms with van der Waals surface area (Å²) in [4.78, 5) is 16.0. The molecule has 1 aromatic heterocycles. The van der Waals surface area contributed by atoms with Crippen LogP contribution in [-0.4, -0.2) is 23.2 Å². The van der Waals surface area contributed by atoms with Gasteiger partial charge in [0.2, 0.25) is 0 Å². The van der Waals surface area contributed by atoms with Crippen LogP contribution in [0.4, 0.5) is 0 Å². The van der Waals surface area contributed by atoms with Gasteiger partial charge in [-0.3, -0.25) is 0 Å². The van der Waals surface area contributed by atoms with Gasteiger partial charge in [0.05, 0.1) is 18.3 Å². The number of aliphatic hydroxyl groups excluding tert-OH is 1. The largest absolute Gasteiger partial charge is 0.512 e. The summed E-state index contributed by atoms with van der Waals surface area (Å²) < 4.78 is 4.64. The van der Waals surface area contributed by atoms with E-state index >= 15 is 0 Å². The van der Waals surface area contributed by atoms with Crippen LogP contribution in [0.2, 0.25) is 0 Å². The lowest BCUT2D eigenvalue weighted by Crippen LogP contribution is -2.07. The number of hydrogen-bond acceptors (Lipinski definition) is 4. The van der Waals surface area contributed by atoms with E-state index in [-0.39, 0.29) is 11.3 Å². The zero-order valence-electron chi connectivity index (χ0n) is 10.2. The Morgan fingerprint density at radius 1 is 1.22 bits per heavy atom. The van der Waals surface area contributed by atoms with Crippen molar-refractivity contribution in [2.75, 3.05) is 7.11 Å². The lowest BCUT2D eigenvalue weighted by Gasteiger charge is -2.07. The van der Waals surface area contributed by atoms with Crippen molar-refractivity contribution in [1.29, 1.82) is 0 Å². The smallest absolute Gasteiger partial charge is 0.343 e. The lowest BCUT2D eigenvalue weighted by atomic mass is 10.1. The summed E-state index contributed by atoms with van der Waals surface area (Å²) >= 11 is 0. The molecule has 18 heavy (non-hydrogen) atoms. The number of fused-ring (bicyclic) bond motifs is 1. The summed E-state index contributed by atoms with van der Waals surface area (Å²) in [5.41, 5.74) is 1.25. The normalized spacial score (nSPS) is 12.1. The highest BCUT2D eigenvalue weighted by Crippen LogP contribution is 2.20. The van der Waals surface area contributed by atoms with Gasteiger partial charge in [0.1, 0.15) is 11.3 Å². The Morgan fingerprint density at radius 3 is 2.61 bits per heavy atom. The molecule has 4 heteroatoms. The molecule has 1 aromatic carbocycles. The SMILES string of the molecule is COC(=O)/C(=C(\C)O)c1ccc2ccccc2n1. The van der Waals surface area contributed by atoms with E-state index in [1.807, 2.05) is 30.3 Å². The maximum absolute atomic E-state index is 11.6. The second-order valence-corrected chi connectivity index (χ2v) is 3.84. The first-order chi connectivity index (χ1) is 8.63. The second-order valence-electron chi connectivity index (χ2n) is 3.84. The number of nitrogens with zero attached hydrogens (tertiary/aromatic N) is 1. The Balaban J connectivity index is 2.59. The third-order valence-corrected chi connectivity index (χ3v) is 2.61. The summed E-state index contributed by atoms with van der Waals surface area (Å²) in [5, 5.41) is 10.6. The lowest BCUT2D eigenvalue weighted by molar-refractivity contribution is -0.133. The first kappa shape index (κ1) is 12.1. The van der Waals surface area contributed by atoms with Crippen molar-refractivity contribution in [3.63, 3.8) is 0 Å². The van der Waals surface area contributed by atoms with Gasteiger partial charge >= 0.3 is 5.97 Å². The number of aromatic nitrogens is 1. The van der Waals surface area contributed by atoms with Crippen LogP contribution in [0.25, 0.3) is 16.5 Å². The van der Waals surface area contributed by atoms with Crippen LogP contribution < -0.4 is 0 Å². The highest BCUT2D eigenvalue weighted by molar-refractivity contribution is 6.16. The molecule has 4 nitrogen and oxygen atoms in total. The van der Waals surface area contributed by atoms with Crippen LogP contribution in [0.5, 0.6) is 0 Å². The number of aliphatic hydroxyl groups is 1. The molecular weight excluding hydrogens is 230 g/mol. The zero-order chi connectivity index (χ0) is 13.1. The van der Waals surface area contributed by atoms with Gasteiger partial charge in [-0.25, -0.2) is 9.78 Å². The molecule has 1 heterocycles. The van der Waals surface area contributed by atoms with E-state index in [0.29, 0.717) is 5.69 Å². The highest BCUT2D eigenvalue weighted by atomic mass is 16.5. The third kappa shape index (κ3) is 2.18. The fourth-order valence-electron chi connectivity index (χ4n) is 1.74. The molecule has 0 atom stereocenters. The van der Waals surface area contributed by atoms with Crippen LogP contribution >= 0.6 is 0 Å². The maximum Gasteiger partial charge on any atom is 0.343 e. The molecule has 0 saturated heterocycles. The molecule has 0 aliphatic heterocycles.